The Morgan fingerprint density at radius 2 is 2.25 bits per heavy atom. The van der Waals surface area contributed by atoms with Crippen molar-refractivity contribution in [2.75, 3.05) is 17.6 Å². The minimum Gasteiger partial charge on any atom is -0.354 e. The van der Waals surface area contributed by atoms with Gasteiger partial charge in [-0.1, -0.05) is 36.5 Å². The molecule has 1 aromatic rings. The van der Waals surface area contributed by atoms with E-state index in [9.17, 15) is 18.5 Å². The number of halogens is 2. The predicted molar refractivity (Wildman–Crippen MR) is 143 cm³/mol. The SMILES string of the molecule is C=N/C=C(/CNC=O)SCC1=CCC(OF)C=C1.Cc1cc2c(cc1F)SC1CC=CC=C1C(=O)N2. The van der Waals surface area contributed by atoms with Gasteiger partial charge in [0.2, 0.25) is 6.41 Å². The summed E-state index contributed by atoms with van der Waals surface area (Å²) in [5.41, 5.74) is 3.11. The van der Waals surface area contributed by atoms with Crippen molar-refractivity contribution in [3.63, 3.8) is 0 Å². The van der Waals surface area contributed by atoms with Crippen molar-refractivity contribution in [1.29, 1.82) is 0 Å². The molecule has 190 valence electrons. The van der Waals surface area contributed by atoms with Crippen molar-refractivity contribution in [3.8, 4) is 0 Å². The van der Waals surface area contributed by atoms with E-state index in [0.717, 1.165) is 33.1 Å². The second-order valence-electron chi connectivity index (χ2n) is 8.01. The van der Waals surface area contributed by atoms with E-state index in [1.54, 1.807) is 48.8 Å². The average molecular weight is 532 g/mol. The standard InChI is InChI=1S/C14H12FNOS.C12H15FN2O2S/c1-8-6-11-13(7-10(8)15)18-12-5-3-2-4-9(12)14(17)16-11;1-14-6-12(7-15-9-16)18-8-10-2-4-11(17-13)5-3-10/h2-4,6-7,12H,5H2,1H3,(H,16,17);2-4,6,9,11H,1,5,7-8H2,(H,15,16)/b;12-6-. The Labute approximate surface area is 217 Å². The van der Waals surface area contributed by atoms with Crippen LogP contribution in [0.15, 0.2) is 80.7 Å². The second kappa shape index (κ2) is 14.0. The van der Waals surface area contributed by atoms with Gasteiger partial charge in [-0.3, -0.25) is 14.6 Å². The molecule has 2 amide bonds. The van der Waals surface area contributed by atoms with Crippen LogP contribution in [0.3, 0.4) is 0 Å². The molecule has 0 radical (unpaired) electrons. The quantitative estimate of drug-likeness (QED) is 0.337. The molecular formula is C26H27F2N3O3S2. The van der Waals surface area contributed by atoms with Gasteiger partial charge in [0, 0.05) is 39.1 Å². The third-order valence-corrected chi connectivity index (χ3v) is 7.84. The minimum atomic E-state index is -0.472. The fourth-order valence-electron chi connectivity index (χ4n) is 3.52. The summed E-state index contributed by atoms with van der Waals surface area (Å²) in [6.45, 7) is 5.51. The number of anilines is 1. The highest BCUT2D eigenvalue weighted by Gasteiger charge is 2.28. The zero-order valence-electron chi connectivity index (χ0n) is 19.7. The van der Waals surface area contributed by atoms with Gasteiger partial charge >= 0.3 is 0 Å². The maximum atomic E-state index is 13.6. The Bertz CT molecular complexity index is 1150. The first-order valence-electron chi connectivity index (χ1n) is 11.2. The molecule has 3 aliphatic rings. The van der Waals surface area contributed by atoms with Crippen LogP contribution in [0, 0.1) is 12.7 Å². The maximum absolute atomic E-state index is 13.6. The molecule has 2 atom stereocenters. The Hall–Kier alpha value is -2.95. The molecule has 10 heteroatoms. The van der Waals surface area contributed by atoms with E-state index in [0.29, 0.717) is 30.6 Å². The Morgan fingerprint density at radius 3 is 2.94 bits per heavy atom. The van der Waals surface area contributed by atoms with Crippen LogP contribution in [0.25, 0.3) is 0 Å². The van der Waals surface area contributed by atoms with Crippen molar-refractivity contribution >= 4 is 48.2 Å². The van der Waals surface area contributed by atoms with Crippen LogP contribution in [0.5, 0.6) is 0 Å². The zero-order chi connectivity index (χ0) is 25.9. The Balaban J connectivity index is 0.000000201. The van der Waals surface area contributed by atoms with Gasteiger partial charge in [-0.2, -0.15) is 4.94 Å². The number of nitrogens with zero attached hydrogens (tertiary/aromatic N) is 1. The van der Waals surface area contributed by atoms with Crippen LogP contribution in [0.1, 0.15) is 18.4 Å². The van der Waals surface area contributed by atoms with E-state index in [-0.39, 0.29) is 17.0 Å². The van der Waals surface area contributed by atoms with Crippen LogP contribution < -0.4 is 10.6 Å². The van der Waals surface area contributed by atoms with Crippen LogP contribution >= 0.6 is 23.5 Å². The number of nitrogens with one attached hydrogen (secondary N) is 2. The van der Waals surface area contributed by atoms with Gasteiger partial charge in [-0.25, -0.2) is 4.39 Å². The lowest BCUT2D eigenvalue weighted by Crippen LogP contribution is -2.20. The molecule has 2 unspecified atom stereocenters. The van der Waals surface area contributed by atoms with Crippen LogP contribution in [0.4, 0.5) is 14.6 Å². The highest BCUT2D eigenvalue weighted by molar-refractivity contribution is 8.03. The van der Waals surface area contributed by atoms with Gasteiger partial charge in [0.05, 0.1) is 5.69 Å². The molecule has 0 saturated heterocycles. The lowest BCUT2D eigenvalue weighted by atomic mass is 10.0. The Kier molecular flexibility index (Phi) is 10.7. The monoisotopic (exact) mass is 531 g/mol. The molecule has 1 aliphatic heterocycles. The number of rotatable bonds is 8. The lowest BCUT2D eigenvalue weighted by molar-refractivity contribution is -0.160. The molecule has 2 N–H and O–H groups in total. The molecular weight excluding hydrogens is 504 g/mol. The van der Waals surface area contributed by atoms with Crippen LogP contribution in [0.2, 0.25) is 0 Å². The third-order valence-electron chi connectivity index (χ3n) is 5.42. The fourth-order valence-corrected chi connectivity index (χ4v) is 5.66. The summed E-state index contributed by atoms with van der Waals surface area (Å²) in [7, 11) is 0. The number of hydrogen-bond acceptors (Lipinski definition) is 6. The van der Waals surface area contributed by atoms with Gasteiger partial charge in [0.25, 0.3) is 5.91 Å². The summed E-state index contributed by atoms with van der Waals surface area (Å²) in [5.74, 6) is 0.424. The number of allylic oxidation sites excluding steroid dienone is 4. The lowest BCUT2D eigenvalue weighted by Gasteiger charge is -2.16. The molecule has 0 spiro atoms. The topological polar surface area (TPSA) is 79.8 Å². The number of carbonyl (C=O) groups excluding carboxylic acids is 2. The first kappa shape index (κ1) is 27.6. The summed E-state index contributed by atoms with van der Waals surface area (Å²) in [4.78, 5) is 31.4. The second-order valence-corrected chi connectivity index (χ2v) is 10.4. The van der Waals surface area contributed by atoms with Gasteiger partial charge in [-0.15, -0.1) is 23.5 Å². The van der Waals surface area contributed by atoms with E-state index in [1.807, 2.05) is 30.4 Å². The number of hydrogen-bond donors (Lipinski definition) is 2. The summed E-state index contributed by atoms with van der Waals surface area (Å²) in [6.07, 6.45) is 14.4. The first-order valence-corrected chi connectivity index (χ1v) is 13.1. The highest BCUT2D eigenvalue weighted by Crippen LogP contribution is 2.40. The predicted octanol–water partition coefficient (Wildman–Crippen LogP) is 5.60. The van der Waals surface area contributed by atoms with Crippen molar-refractivity contribution in [3.05, 3.63) is 82.2 Å². The van der Waals surface area contributed by atoms with E-state index in [4.69, 9.17) is 0 Å². The third kappa shape index (κ3) is 7.78. The molecule has 4 rings (SSSR count). The number of aryl methyl sites for hydroxylation is 1. The number of carbonyl (C=O) groups is 2. The van der Waals surface area contributed by atoms with Crippen molar-refractivity contribution in [2.45, 2.75) is 36.0 Å². The molecule has 2 aliphatic carbocycles. The van der Waals surface area contributed by atoms with Gasteiger partial charge in [0.15, 0.2) is 0 Å². The number of aliphatic imine (C=N–C) groups is 1. The van der Waals surface area contributed by atoms with E-state index in [2.05, 4.69) is 27.3 Å². The van der Waals surface area contributed by atoms with Crippen molar-refractivity contribution < 1.29 is 23.4 Å². The fraction of sp³-hybridized carbons (Fsp3) is 0.269. The molecule has 0 fully saturated rings. The maximum Gasteiger partial charge on any atom is 0.252 e. The molecule has 1 heterocycles. The summed E-state index contributed by atoms with van der Waals surface area (Å²) >= 11 is 3.10. The summed E-state index contributed by atoms with van der Waals surface area (Å²) in [6, 6.07) is 3.21. The van der Waals surface area contributed by atoms with Crippen LogP contribution in [-0.2, 0) is 14.5 Å². The van der Waals surface area contributed by atoms with Crippen molar-refractivity contribution in [1.82, 2.24) is 5.32 Å². The Morgan fingerprint density at radius 1 is 1.42 bits per heavy atom. The highest BCUT2D eigenvalue weighted by atomic mass is 32.2. The van der Waals surface area contributed by atoms with E-state index < -0.39 is 6.10 Å². The molecule has 0 bridgehead atoms. The smallest absolute Gasteiger partial charge is 0.252 e. The molecule has 36 heavy (non-hydrogen) atoms. The van der Waals surface area contributed by atoms with Gasteiger partial charge in [-0.05, 0) is 54.3 Å². The molecule has 0 aromatic heterocycles. The van der Waals surface area contributed by atoms with Crippen molar-refractivity contribution in [2.24, 2.45) is 4.99 Å². The zero-order valence-corrected chi connectivity index (χ0v) is 21.3. The summed E-state index contributed by atoms with van der Waals surface area (Å²) in [5, 5.41) is 5.52. The number of fused-ring (bicyclic) bond motifs is 2. The average Bonchev–Trinajstić information content (AvgIpc) is 3.02. The largest absolute Gasteiger partial charge is 0.354 e. The molecule has 0 saturated carbocycles. The molecule has 6 nitrogen and oxygen atoms in total. The first-order chi connectivity index (χ1) is 17.4. The molecule has 1 aromatic carbocycles. The summed E-state index contributed by atoms with van der Waals surface area (Å²) < 4.78 is 25.5. The number of benzene rings is 1. The number of thioether (sulfide) groups is 2. The van der Waals surface area contributed by atoms with Crippen LogP contribution in [-0.4, -0.2) is 42.7 Å². The van der Waals surface area contributed by atoms with E-state index >= 15 is 0 Å². The van der Waals surface area contributed by atoms with Gasteiger partial charge in [0.1, 0.15) is 11.9 Å². The number of amides is 2. The normalized spacial score (nSPS) is 20.4. The van der Waals surface area contributed by atoms with Gasteiger partial charge < -0.3 is 10.6 Å². The van der Waals surface area contributed by atoms with E-state index in [1.165, 1.54) is 6.07 Å². The minimum absolute atomic E-state index is 0.0818.